The van der Waals surface area contributed by atoms with Crippen molar-refractivity contribution in [1.82, 2.24) is 4.57 Å². The molecule has 0 bridgehead atoms. The Morgan fingerprint density at radius 3 is 2.63 bits per heavy atom. The second-order valence-corrected chi connectivity index (χ2v) is 4.33. The second kappa shape index (κ2) is 8.18. The van der Waals surface area contributed by atoms with E-state index in [1.807, 2.05) is 12.1 Å². The van der Waals surface area contributed by atoms with Crippen molar-refractivity contribution in [2.45, 2.75) is 32.2 Å². The lowest BCUT2D eigenvalue weighted by molar-refractivity contribution is 0.305. The third kappa shape index (κ3) is 5.03. The third-order valence-electron chi connectivity index (χ3n) is 2.40. The molecule has 0 fully saturated rings. The number of rotatable bonds is 7. The zero-order valence-electron chi connectivity index (χ0n) is 10.4. The van der Waals surface area contributed by atoms with E-state index in [-0.39, 0.29) is 11.3 Å². The summed E-state index contributed by atoms with van der Waals surface area (Å²) < 4.78 is 6.78. The number of unbranched alkanes of at least 4 members (excludes halogenated alkanes) is 2. The highest BCUT2D eigenvalue weighted by molar-refractivity contribution is 6.30. The van der Waals surface area contributed by atoms with E-state index in [9.17, 15) is 4.79 Å². The first-order chi connectivity index (χ1) is 9.19. The van der Waals surface area contributed by atoms with Crippen molar-refractivity contribution in [3.8, 4) is 17.9 Å². The number of nitriles is 2. The summed E-state index contributed by atoms with van der Waals surface area (Å²) >= 11 is 5.92. The molecule has 0 radical (unpaired) electrons. The van der Waals surface area contributed by atoms with E-state index in [1.165, 1.54) is 16.8 Å². The van der Waals surface area contributed by atoms with Gasteiger partial charge in [-0.3, -0.25) is 4.79 Å². The maximum absolute atomic E-state index is 12.0. The third-order valence-corrected chi connectivity index (χ3v) is 2.60. The summed E-state index contributed by atoms with van der Waals surface area (Å²) in [5, 5.41) is 17.3. The Morgan fingerprint density at radius 2 is 1.95 bits per heavy atom. The lowest BCUT2D eigenvalue weighted by Crippen LogP contribution is -2.22. The molecule has 6 heteroatoms. The Labute approximate surface area is 116 Å². The number of aromatic nitrogens is 1. The van der Waals surface area contributed by atoms with Gasteiger partial charge in [-0.1, -0.05) is 11.6 Å². The summed E-state index contributed by atoms with van der Waals surface area (Å²) in [5.41, 5.74) is -0.265. The molecule has 1 aromatic heterocycles. The van der Waals surface area contributed by atoms with E-state index in [0.29, 0.717) is 43.9 Å². The Bertz CT molecular complexity index is 554. The lowest BCUT2D eigenvalue weighted by Gasteiger charge is -2.09. The van der Waals surface area contributed by atoms with Crippen LogP contribution < -0.4 is 10.3 Å². The van der Waals surface area contributed by atoms with Crippen LogP contribution in [0, 0.1) is 22.7 Å². The summed E-state index contributed by atoms with van der Waals surface area (Å²) in [4.78, 5) is 12.0. The summed E-state index contributed by atoms with van der Waals surface area (Å²) in [6.07, 6.45) is 3.46. The van der Waals surface area contributed by atoms with Gasteiger partial charge in [0.2, 0.25) is 0 Å². The summed E-state index contributed by atoms with van der Waals surface area (Å²) in [6.45, 7) is 0.739. The molecule has 0 N–H and O–H groups in total. The number of ether oxygens (including phenoxy) is 1. The fourth-order valence-electron chi connectivity index (χ4n) is 1.50. The molecule has 1 heterocycles. The Balaban J connectivity index is 2.73. The SMILES string of the molecule is N#CCCCOc1cc(Cl)cn(CCCC#N)c1=O. The largest absolute Gasteiger partial charge is 0.488 e. The van der Waals surface area contributed by atoms with Crippen molar-refractivity contribution in [2.75, 3.05) is 6.61 Å². The van der Waals surface area contributed by atoms with Gasteiger partial charge in [-0.25, -0.2) is 0 Å². The van der Waals surface area contributed by atoms with Crippen LogP contribution in [0.3, 0.4) is 0 Å². The van der Waals surface area contributed by atoms with Crippen molar-refractivity contribution < 1.29 is 4.74 Å². The molecule has 1 rings (SSSR count). The van der Waals surface area contributed by atoms with Gasteiger partial charge in [0.25, 0.3) is 5.56 Å². The topological polar surface area (TPSA) is 78.8 Å². The highest BCUT2D eigenvalue weighted by atomic mass is 35.5. The van der Waals surface area contributed by atoms with Crippen LogP contribution in [0.5, 0.6) is 5.75 Å². The summed E-state index contributed by atoms with van der Waals surface area (Å²) in [7, 11) is 0. The monoisotopic (exact) mass is 279 g/mol. The van der Waals surface area contributed by atoms with E-state index < -0.39 is 0 Å². The molecular formula is C13H14ClN3O2. The van der Waals surface area contributed by atoms with Crippen LogP contribution in [-0.2, 0) is 6.54 Å². The quantitative estimate of drug-likeness (QED) is 0.718. The van der Waals surface area contributed by atoms with Crippen molar-refractivity contribution >= 4 is 11.6 Å². The lowest BCUT2D eigenvalue weighted by atomic mass is 10.3. The molecule has 0 unspecified atom stereocenters. The van der Waals surface area contributed by atoms with E-state index in [2.05, 4.69) is 0 Å². The van der Waals surface area contributed by atoms with Crippen molar-refractivity contribution in [3.63, 3.8) is 0 Å². The molecule has 0 aliphatic heterocycles. The van der Waals surface area contributed by atoms with Crippen LogP contribution in [0.4, 0.5) is 0 Å². The maximum Gasteiger partial charge on any atom is 0.292 e. The highest BCUT2D eigenvalue weighted by Gasteiger charge is 2.07. The first kappa shape index (κ1) is 15.1. The second-order valence-electron chi connectivity index (χ2n) is 3.89. The fourth-order valence-corrected chi connectivity index (χ4v) is 1.72. The maximum atomic E-state index is 12.0. The minimum absolute atomic E-state index is 0.183. The zero-order valence-corrected chi connectivity index (χ0v) is 11.2. The smallest absolute Gasteiger partial charge is 0.292 e. The van der Waals surface area contributed by atoms with E-state index in [1.54, 1.807) is 0 Å². The molecule has 0 saturated heterocycles. The minimum Gasteiger partial charge on any atom is -0.488 e. The van der Waals surface area contributed by atoms with Crippen LogP contribution in [-0.4, -0.2) is 11.2 Å². The van der Waals surface area contributed by atoms with Gasteiger partial charge in [0.1, 0.15) is 0 Å². The van der Waals surface area contributed by atoms with Gasteiger partial charge >= 0.3 is 0 Å². The zero-order chi connectivity index (χ0) is 14.1. The van der Waals surface area contributed by atoms with Crippen LogP contribution in [0.15, 0.2) is 17.1 Å². The number of hydrogen-bond acceptors (Lipinski definition) is 4. The molecule has 0 spiro atoms. The van der Waals surface area contributed by atoms with Gasteiger partial charge in [-0.05, 0) is 12.8 Å². The Kier molecular flexibility index (Phi) is 6.49. The number of aryl methyl sites for hydroxylation is 1. The number of hydrogen-bond donors (Lipinski definition) is 0. The molecule has 0 amide bonds. The van der Waals surface area contributed by atoms with Gasteiger partial charge < -0.3 is 9.30 Å². The van der Waals surface area contributed by atoms with E-state index in [4.69, 9.17) is 26.9 Å². The van der Waals surface area contributed by atoms with Gasteiger partial charge in [-0.2, -0.15) is 10.5 Å². The van der Waals surface area contributed by atoms with E-state index in [0.717, 1.165) is 0 Å². The normalized spacial score (nSPS) is 9.63. The number of halogens is 1. The molecule has 100 valence electrons. The average molecular weight is 280 g/mol. The Hall–Kier alpha value is -1.98. The van der Waals surface area contributed by atoms with E-state index >= 15 is 0 Å². The van der Waals surface area contributed by atoms with Gasteiger partial charge in [0, 0.05) is 31.6 Å². The Morgan fingerprint density at radius 1 is 1.26 bits per heavy atom. The van der Waals surface area contributed by atoms with Crippen LogP contribution in [0.25, 0.3) is 0 Å². The number of pyridine rings is 1. The summed E-state index contributed by atoms with van der Waals surface area (Å²) in [5.74, 6) is 0.183. The summed E-state index contributed by atoms with van der Waals surface area (Å²) in [6, 6.07) is 5.50. The molecule has 0 aliphatic rings. The molecule has 0 aromatic carbocycles. The van der Waals surface area contributed by atoms with Crippen molar-refractivity contribution in [3.05, 3.63) is 27.6 Å². The molecular weight excluding hydrogens is 266 g/mol. The average Bonchev–Trinajstić information content (AvgIpc) is 2.39. The van der Waals surface area contributed by atoms with Crippen LogP contribution in [0.1, 0.15) is 25.7 Å². The molecule has 19 heavy (non-hydrogen) atoms. The predicted molar refractivity (Wildman–Crippen MR) is 70.9 cm³/mol. The van der Waals surface area contributed by atoms with Crippen LogP contribution in [0.2, 0.25) is 5.02 Å². The molecule has 0 saturated carbocycles. The van der Waals surface area contributed by atoms with Crippen molar-refractivity contribution in [1.29, 1.82) is 10.5 Å². The van der Waals surface area contributed by atoms with Gasteiger partial charge in [0.15, 0.2) is 5.75 Å². The number of nitrogens with zero attached hydrogens (tertiary/aromatic N) is 3. The molecule has 1 aromatic rings. The highest BCUT2D eigenvalue weighted by Crippen LogP contribution is 2.13. The van der Waals surface area contributed by atoms with Gasteiger partial charge in [-0.15, -0.1) is 0 Å². The first-order valence-corrected chi connectivity index (χ1v) is 6.33. The fraction of sp³-hybridized carbons (Fsp3) is 0.462. The standard InChI is InChI=1S/C13H14ClN3O2/c14-11-9-12(19-8-4-2-6-16)13(18)17(10-11)7-3-1-5-15/h9-10H,1-4,7-8H2. The van der Waals surface area contributed by atoms with Crippen LogP contribution >= 0.6 is 11.6 Å². The molecule has 0 atom stereocenters. The first-order valence-electron chi connectivity index (χ1n) is 5.95. The minimum atomic E-state index is -0.265. The molecule has 0 aliphatic carbocycles. The molecule has 5 nitrogen and oxygen atoms in total. The van der Waals surface area contributed by atoms with Crippen molar-refractivity contribution in [2.24, 2.45) is 0 Å². The predicted octanol–water partition coefficient (Wildman–Crippen LogP) is 2.49. The van der Waals surface area contributed by atoms with Gasteiger partial charge in [0.05, 0.1) is 23.8 Å².